The van der Waals surface area contributed by atoms with Crippen LogP contribution in [0.1, 0.15) is 46.5 Å². The number of ether oxygens (including phenoxy) is 3. The second kappa shape index (κ2) is 5.33. The Bertz CT molecular complexity index is 408. The van der Waals surface area contributed by atoms with Crippen LogP contribution in [0.5, 0.6) is 0 Å². The molecule has 0 saturated carbocycles. The Morgan fingerprint density at radius 3 is 2.75 bits per heavy atom. The molecule has 114 valence electrons. The standard InChI is InChI=1S/C14H22O6/c1-4-18-12(17)11(16)14(3)7-5-9(19-14)13(2)8-6-10(15)20-13/h9,11,16H,4-8H2,1-3H3/t9-,11+,13+,14+/m1/s1. The fourth-order valence-corrected chi connectivity index (χ4v) is 2.90. The lowest BCUT2D eigenvalue weighted by Crippen LogP contribution is -2.48. The van der Waals surface area contributed by atoms with Gasteiger partial charge in [-0.25, -0.2) is 4.79 Å². The Hall–Kier alpha value is -1.14. The first-order chi connectivity index (χ1) is 9.31. The van der Waals surface area contributed by atoms with Gasteiger partial charge in [-0.05, 0) is 40.0 Å². The molecular weight excluding hydrogens is 264 g/mol. The average molecular weight is 286 g/mol. The molecule has 0 amide bonds. The van der Waals surface area contributed by atoms with Crippen LogP contribution in [0.25, 0.3) is 0 Å². The smallest absolute Gasteiger partial charge is 0.337 e. The molecule has 0 aromatic rings. The normalized spacial score (nSPS) is 38.6. The van der Waals surface area contributed by atoms with Crippen molar-refractivity contribution in [3.8, 4) is 0 Å². The van der Waals surface area contributed by atoms with Crippen molar-refractivity contribution in [1.29, 1.82) is 0 Å². The molecule has 0 spiro atoms. The Kier molecular flexibility index (Phi) is 4.07. The molecule has 4 atom stereocenters. The topological polar surface area (TPSA) is 82.1 Å². The van der Waals surface area contributed by atoms with Crippen LogP contribution in [0.15, 0.2) is 0 Å². The lowest BCUT2D eigenvalue weighted by atomic mass is 9.91. The van der Waals surface area contributed by atoms with Gasteiger partial charge in [-0.15, -0.1) is 0 Å². The maximum atomic E-state index is 11.7. The zero-order valence-corrected chi connectivity index (χ0v) is 12.2. The maximum Gasteiger partial charge on any atom is 0.337 e. The number of hydrogen-bond acceptors (Lipinski definition) is 6. The molecule has 0 unspecified atom stereocenters. The highest BCUT2D eigenvalue weighted by Crippen LogP contribution is 2.42. The summed E-state index contributed by atoms with van der Waals surface area (Å²) in [7, 11) is 0. The SMILES string of the molecule is CCOC(=O)[C@H](O)[C@]1(C)CC[C@H]([C@]2(C)CCC(=O)O2)O1. The largest absolute Gasteiger partial charge is 0.464 e. The predicted octanol–water partition coefficient (Wildman–Crippen LogP) is 0.944. The zero-order valence-electron chi connectivity index (χ0n) is 12.2. The van der Waals surface area contributed by atoms with Crippen molar-refractivity contribution in [2.45, 2.75) is 69.9 Å². The number of hydrogen-bond donors (Lipinski definition) is 1. The van der Waals surface area contributed by atoms with E-state index in [0.717, 1.165) is 0 Å². The van der Waals surface area contributed by atoms with Gasteiger partial charge in [0, 0.05) is 6.42 Å². The van der Waals surface area contributed by atoms with E-state index in [1.54, 1.807) is 13.8 Å². The molecule has 0 aromatic heterocycles. The minimum absolute atomic E-state index is 0.213. The molecular formula is C14H22O6. The number of rotatable bonds is 4. The molecule has 0 bridgehead atoms. The van der Waals surface area contributed by atoms with Gasteiger partial charge in [0.2, 0.25) is 0 Å². The van der Waals surface area contributed by atoms with Crippen molar-refractivity contribution in [2.24, 2.45) is 0 Å². The summed E-state index contributed by atoms with van der Waals surface area (Å²) in [5, 5.41) is 10.1. The number of esters is 2. The zero-order chi connectivity index (χ0) is 15.0. The summed E-state index contributed by atoms with van der Waals surface area (Å²) in [6.45, 7) is 5.43. The van der Waals surface area contributed by atoms with Crippen molar-refractivity contribution in [3.05, 3.63) is 0 Å². The van der Waals surface area contributed by atoms with Gasteiger partial charge in [-0.3, -0.25) is 4.79 Å². The van der Waals surface area contributed by atoms with Crippen molar-refractivity contribution in [2.75, 3.05) is 6.61 Å². The van der Waals surface area contributed by atoms with E-state index in [1.807, 2.05) is 6.92 Å². The van der Waals surface area contributed by atoms with E-state index in [2.05, 4.69) is 0 Å². The van der Waals surface area contributed by atoms with Gasteiger partial charge >= 0.3 is 11.9 Å². The fourth-order valence-electron chi connectivity index (χ4n) is 2.90. The summed E-state index contributed by atoms with van der Waals surface area (Å²) in [6, 6.07) is 0. The number of carbonyl (C=O) groups excluding carboxylic acids is 2. The van der Waals surface area contributed by atoms with E-state index in [0.29, 0.717) is 25.7 Å². The van der Waals surface area contributed by atoms with E-state index in [1.165, 1.54) is 0 Å². The third-order valence-electron chi connectivity index (χ3n) is 4.26. The third-order valence-corrected chi connectivity index (χ3v) is 4.26. The first kappa shape index (κ1) is 15.3. The maximum absolute atomic E-state index is 11.7. The number of aliphatic hydroxyl groups is 1. The highest BCUT2D eigenvalue weighted by atomic mass is 16.6. The molecule has 2 aliphatic rings. The van der Waals surface area contributed by atoms with Crippen LogP contribution in [-0.4, -0.2) is 47.1 Å². The molecule has 1 N–H and O–H groups in total. The first-order valence-electron chi connectivity index (χ1n) is 7.05. The number of cyclic esters (lactones) is 1. The van der Waals surface area contributed by atoms with Gasteiger partial charge in [0.05, 0.1) is 12.7 Å². The van der Waals surface area contributed by atoms with E-state index in [9.17, 15) is 14.7 Å². The van der Waals surface area contributed by atoms with Gasteiger partial charge in [0.15, 0.2) is 6.10 Å². The summed E-state index contributed by atoms with van der Waals surface area (Å²) in [5.41, 5.74) is -1.65. The van der Waals surface area contributed by atoms with Gasteiger partial charge < -0.3 is 19.3 Å². The molecule has 2 rings (SSSR count). The third kappa shape index (κ3) is 2.67. The van der Waals surface area contributed by atoms with E-state index >= 15 is 0 Å². The highest BCUT2D eigenvalue weighted by molar-refractivity contribution is 5.76. The Balaban J connectivity index is 2.03. The summed E-state index contributed by atoms with van der Waals surface area (Å²) < 4.78 is 16.1. The van der Waals surface area contributed by atoms with Crippen molar-refractivity contribution in [3.63, 3.8) is 0 Å². The predicted molar refractivity (Wildman–Crippen MR) is 68.9 cm³/mol. The molecule has 20 heavy (non-hydrogen) atoms. The first-order valence-corrected chi connectivity index (χ1v) is 7.05. The van der Waals surface area contributed by atoms with Gasteiger partial charge in [0.25, 0.3) is 0 Å². The van der Waals surface area contributed by atoms with Crippen molar-refractivity contribution < 1.29 is 28.9 Å². The quantitative estimate of drug-likeness (QED) is 0.775. The van der Waals surface area contributed by atoms with E-state index in [-0.39, 0.29) is 18.7 Å². The van der Waals surface area contributed by atoms with Crippen LogP contribution in [0, 0.1) is 0 Å². The Morgan fingerprint density at radius 1 is 1.50 bits per heavy atom. The fraction of sp³-hybridized carbons (Fsp3) is 0.857. The van der Waals surface area contributed by atoms with Crippen LogP contribution in [0.4, 0.5) is 0 Å². The van der Waals surface area contributed by atoms with Gasteiger partial charge in [0.1, 0.15) is 11.2 Å². The van der Waals surface area contributed by atoms with Crippen LogP contribution >= 0.6 is 0 Å². The lowest BCUT2D eigenvalue weighted by molar-refractivity contribution is -0.189. The number of aliphatic hydroxyl groups excluding tert-OH is 1. The Morgan fingerprint density at radius 2 is 2.20 bits per heavy atom. The minimum atomic E-state index is -1.33. The molecule has 6 heteroatoms. The van der Waals surface area contributed by atoms with Crippen molar-refractivity contribution >= 4 is 11.9 Å². The second-order valence-electron chi connectivity index (χ2n) is 5.90. The summed E-state index contributed by atoms with van der Waals surface area (Å²) in [5.74, 6) is -0.903. The molecule has 2 fully saturated rings. The highest BCUT2D eigenvalue weighted by Gasteiger charge is 2.53. The van der Waals surface area contributed by atoms with Crippen molar-refractivity contribution in [1.82, 2.24) is 0 Å². The second-order valence-corrected chi connectivity index (χ2v) is 5.90. The molecule has 6 nitrogen and oxygen atoms in total. The minimum Gasteiger partial charge on any atom is -0.464 e. The van der Waals surface area contributed by atoms with Crippen LogP contribution in [0.3, 0.4) is 0 Å². The average Bonchev–Trinajstić information content (AvgIpc) is 2.95. The van der Waals surface area contributed by atoms with Gasteiger partial charge in [-0.2, -0.15) is 0 Å². The van der Waals surface area contributed by atoms with Crippen LogP contribution in [-0.2, 0) is 23.8 Å². The summed E-state index contributed by atoms with van der Waals surface area (Å²) >= 11 is 0. The molecule has 0 radical (unpaired) electrons. The number of carbonyl (C=O) groups is 2. The lowest BCUT2D eigenvalue weighted by Gasteiger charge is -2.33. The Labute approximate surface area is 118 Å². The van der Waals surface area contributed by atoms with Gasteiger partial charge in [-0.1, -0.05) is 0 Å². The summed E-state index contributed by atoms with van der Waals surface area (Å²) in [6.07, 6.45) is 0.507. The monoisotopic (exact) mass is 286 g/mol. The molecule has 2 saturated heterocycles. The molecule has 2 heterocycles. The molecule has 0 aromatic carbocycles. The summed E-state index contributed by atoms with van der Waals surface area (Å²) in [4.78, 5) is 23.0. The molecule has 2 aliphatic heterocycles. The molecule has 0 aliphatic carbocycles. The van der Waals surface area contributed by atoms with E-state index in [4.69, 9.17) is 14.2 Å². The van der Waals surface area contributed by atoms with E-state index < -0.39 is 23.3 Å². The van der Waals surface area contributed by atoms with Crippen LogP contribution in [0.2, 0.25) is 0 Å². The van der Waals surface area contributed by atoms with Crippen LogP contribution < -0.4 is 0 Å².